The van der Waals surface area contributed by atoms with Crippen molar-refractivity contribution in [1.82, 2.24) is 10.3 Å². The van der Waals surface area contributed by atoms with Crippen LogP contribution in [0.1, 0.15) is 28.7 Å². The van der Waals surface area contributed by atoms with Crippen LogP contribution in [0.2, 0.25) is 0 Å². The molecule has 3 rings (SSSR count). The Bertz CT molecular complexity index is 852. The number of aliphatic hydroxyl groups is 1. The first kappa shape index (κ1) is 16.3. The van der Waals surface area contributed by atoms with E-state index in [0.717, 1.165) is 16.6 Å². The lowest BCUT2D eigenvalue weighted by molar-refractivity contribution is -0.121. The average molecular weight is 322 g/mol. The molecule has 0 saturated heterocycles. The Labute approximate surface area is 141 Å². The minimum atomic E-state index is -0.0132. The predicted octanol–water partition coefficient (Wildman–Crippen LogP) is 3.22. The smallest absolute Gasteiger partial charge is 0.220 e. The van der Waals surface area contributed by atoms with Gasteiger partial charge in [0.15, 0.2) is 0 Å². The number of nitrogens with one attached hydrogen (secondary N) is 2. The van der Waals surface area contributed by atoms with Gasteiger partial charge in [-0.1, -0.05) is 35.9 Å². The van der Waals surface area contributed by atoms with Gasteiger partial charge < -0.3 is 15.4 Å². The zero-order chi connectivity index (χ0) is 16.9. The number of carbonyl (C=O) groups is 1. The van der Waals surface area contributed by atoms with Crippen molar-refractivity contribution in [2.75, 3.05) is 0 Å². The van der Waals surface area contributed by atoms with E-state index in [4.69, 9.17) is 0 Å². The fraction of sp³-hybridized carbons (Fsp3) is 0.250. The maximum Gasteiger partial charge on any atom is 0.220 e. The molecule has 24 heavy (non-hydrogen) atoms. The molecule has 2 aromatic carbocycles. The summed E-state index contributed by atoms with van der Waals surface area (Å²) >= 11 is 0. The van der Waals surface area contributed by atoms with Gasteiger partial charge in [-0.25, -0.2) is 0 Å². The molecular formula is C20H22N2O2. The van der Waals surface area contributed by atoms with Gasteiger partial charge in [-0.05, 0) is 42.2 Å². The molecule has 1 amide bonds. The highest BCUT2D eigenvalue weighted by Gasteiger charge is 2.08. The third-order valence-electron chi connectivity index (χ3n) is 4.31. The Morgan fingerprint density at radius 3 is 2.71 bits per heavy atom. The lowest BCUT2D eigenvalue weighted by atomic mass is 10.1. The van der Waals surface area contributed by atoms with Crippen LogP contribution < -0.4 is 5.32 Å². The van der Waals surface area contributed by atoms with Crippen LogP contribution in [0.4, 0.5) is 0 Å². The van der Waals surface area contributed by atoms with E-state index in [0.29, 0.717) is 19.4 Å². The molecule has 0 saturated carbocycles. The van der Waals surface area contributed by atoms with E-state index in [1.54, 1.807) is 0 Å². The van der Waals surface area contributed by atoms with Gasteiger partial charge in [0, 0.05) is 30.1 Å². The number of H-pyrrole nitrogens is 1. The summed E-state index contributed by atoms with van der Waals surface area (Å²) in [4.78, 5) is 15.4. The standard InChI is InChI=1S/C20H22N2O2/c1-14-6-8-19-18(10-14)16(12-21-19)7-9-20(24)22-11-15-4-2-3-5-17(15)13-23/h2-6,8,10,12,21,23H,7,9,11,13H2,1H3,(H,22,24). The molecule has 0 aliphatic rings. The van der Waals surface area contributed by atoms with E-state index in [2.05, 4.69) is 35.4 Å². The first-order valence-corrected chi connectivity index (χ1v) is 8.18. The summed E-state index contributed by atoms with van der Waals surface area (Å²) in [5.41, 5.74) is 5.29. The Balaban J connectivity index is 1.58. The molecule has 0 fully saturated rings. The van der Waals surface area contributed by atoms with Crippen LogP contribution in [-0.2, 0) is 24.4 Å². The summed E-state index contributed by atoms with van der Waals surface area (Å²) in [5.74, 6) is 0.0183. The number of aromatic nitrogens is 1. The van der Waals surface area contributed by atoms with Gasteiger partial charge in [0.05, 0.1) is 6.61 Å². The molecule has 0 bridgehead atoms. The molecule has 1 heterocycles. The number of aryl methyl sites for hydroxylation is 2. The van der Waals surface area contributed by atoms with Gasteiger partial charge >= 0.3 is 0 Å². The zero-order valence-corrected chi connectivity index (χ0v) is 13.8. The van der Waals surface area contributed by atoms with Crippen molar-refractivity contribution in [3.63, 3.8) is 0 Å². The van der Waals surface area contributed by atoms with Gasteiger partial charge in [-0.15, -0.1) is 0 Å². The lowest BCUT2D eigenvalue weighted by Gasteiger charge is -2.09. The van der Waals surface area contributed by atoms with Crippen molar-refractivity contribution in [2.45, 2.75) is 32.9 Å². The van der Waals surface area contributed by atoms with E-state index in [9.17, 15) is 9.90 Å². The Kier molecular flexibility index (Phi) is 4.96. The molecule has 4 nitrogen and oxygen atoms in total. The first-order valence-electron chi connectivity index (χ1n) is 8.18. The highest BCUT2D eigenvalue weighted by molar-refractivity contribution is 5.84. The van der Waals surface area contributed by atoms with Crippen molar-refractivity contribution in [2.24, 2.45) is 0 Å². The maximum atomic E-state index is 12.1. The van der Waals surface area contributed by atoms with Crippen LogP contribution >= 0.6 is 0 Å². The molecule has 124 valence electrons. The summed E-state index contributed by atoms with van der Waals surface area (Å²) in [6.45, 7) is 2.50. The number of benzene rings is 2. The number of aliphatic hydroxyl groups excluding tert-OH is 1. The number of aromatic amines is 1. The molecule has 0 radical (unpaired) electrons. The predicted molar refractivity (Wildman–Crippen MR) is 95.6 cm³/mol. The highest BCUT2D eigenvalue weighted by Crippen LogP contribution is 2.20. The minimum Gasteiger partial charge on any atom is -0.392 e. The number of hydrogen-bond acceptors (Lipinski definition) is 2. The normalized spacial score (nSPS) is 10.9. The average Bonchev–Trinajstić information content (AvgIpc) is 3.00. The number of hydrogen-bond donors (Lipinski definition) is 3. The molecule has 1 aromatic heterocycles. The summed E-state index contributed by atoms with van der Waals surface area (Å²) in [5, 5.41) is 13.4. The Morgan fingerprint density at radius 2 is 1.92 bits per heavy atom. The maximum absolute atomic E-state index is 12.1. The van der Waals surface area contributed by atoms with Crippen LogP contribution in [0, 0.1) is 6.92 Å². The molecule has 0 aliphatic carbocycles. The van der Waals surface area contributed by atoms with Crippen LogP contribution in [0.15, 0.2) is 48.7 Å². The molecule has 3 N–H and O–H groups in total. The number of carbonyl (C=O) groups excluding carboxylic acids is 1. The van der Waals surface area contributed by atoms with Gasteiger partial charge in [0.2, 0.25) is 5.91 Å². The van der Waals surface area contributed by atoms with Crippen molar-refractivity contribution >= 4 is 16.8 Å². The van der Waals surface area contributed by atoms with Crippen LogP contribution in [0.5, 0.6) is 0 Å². The summed E-state index contributed by atoms with van der Waals surface area (Å²) in [6.07, 6.45) is 3.14. The largest absolute Gasteiger partial charge is 0.392 e. The summed E-state index contributed by atoms with van der Waals surface area (Å²) < 4.78 is 0. The number of rotatable bonds is 6. The SMILES string of the molecule is Cc1ccc2[nH]cc(CCC(=O)NCc3ccccc3CO)c2c1. The topological polar surface area (TPSA) is 65.1 Å². The monoisotopic (exact) mass is 322 g/mol. The van der Waals surface area contributed by atoms with Gasteiger partial charge in [0.25, 0.3) is 0 Å². The molecule has 3 aromatic rings. The molecule has 0 atom stereocenters. The Hall–Kier alpha value is -2.59. The lowest BCUT2D eigenvalue weighted by Crippen LogP contribution is -2.23. The third kappa shape index (κ3) is 3.66. The molecule has 0 aliphatic heterocycles. The fourth-order valence-corrected chi connectivity index (χ4v) is 2.91. The van der Waals surface area contributed by atoms with Crippen molar-refractivity contribution in [1.29, 1.82) is 0 Å². The second-order valence-corrected chi connectivity index (χ2v) is 6.07. The van der Waals surface area contributed by atoms with Crippen molar-refractivity contribution in [3.8, 4) is 0 Å². The van der Waals surface area contributed by atoms with Crippen LogP contribution in [0.3, 0.4) is 0 Å². The van der Waals surface area contributed by atoms with E-state index in [-0.39, 0.29) is 12.5 Å². The summed E-state index contributed by atoms with van der Waals surface area (Å²) in [6, 6.07) is 13.9. The zero-order valence-electron chi connectivity index (χ0n) is 13.8. The molecule has 4 heteroatoms. The molecule has 0 unspecified atom stereocenters. The van der Waals surface area contributed by atoms with Crippen LogP contribution in [-0.4, -0.2) is 16.0 Å². The van der Waals surface area contributed by atoms with E-state index in [1.165, 1.54) is 16.5 Å². The van der Waals surface area contributed by atoms with Crippen molar-refractivity contribution < 1.29 is 9.90 Å². The summed E-state index contributed by atoms with van der Waals surface area (Å²) in [7, 11) is 0. The van der Waals surface area contributed by atoms with E-state index in [1.807, 2.05) is 30.5 Å². The Morgan fingerprint density at radius 1 is 1.12 bits per heavy atom. The molecule has 0 spiro atoms. The fourth-order valence-electron chi connectivity index (χ4n) is 2.91. The van der Waals surface area contributed by atoms with E-state index >= 15 is 0 Å². The van der Waals surface area contributed by atoms with E-state index < -0.39 is 0 Å². The highest BCUT2D eigenvalue weighted by atomic mass is 16.3. The van der Waals surface area contributed by atoms with Gasteiger partial charge in [0.1, 0.15) is 0 Å². The second kappa shape index (κ2) is 7.32. The number of amides is 1. The van der Waals surface area contributed by atoms with Crippen molar-refractivity contribution in [3.05, 3.63) is 70.9 Å². The molecular weight excluding hydrogens is 300 g/mol. The van der Waals surface area contributed by atoms with Gasteiger partial charge in [-0.3, -0.25) is 4.79 Å². The number of fused-ring (bicyclic) bond motifs is 1. The van der Waals surface area contributed by atoms with Crippen LogP contribution in [0.25, 0.3) is 10.9 Å². The second-order valence-electron chi connectivity index (χ2n) is 6.07. The third-order valence-corrected chi connectivity index (χ3v) is 4.31. The minimum absolute atomic E-state index is 0.0132. The quantitative estimate of drug-likeness (QED) is 0.652. The van der Waals surface area contributed by atoms with Gasteiger partial charge in [-0.2, -0.15) is 0 Å². The first-order chi connectivity index (χ1) is 11.7.